The highest BCUT2D eigenvalue weighted by molar-refractivity contribution is 8.21. The molecule has 0 aliphatic carbocycles. The lowest BCUT2D eigenvalue weighted by molar-refractivity contribution is -0.128. The van der Waals surface area contributed by atoms with E-state index in [0.717, 1.165) is 9.87 Å². The highest BCUT2D eigenvalue weighted by Crippen LogP contribution is 2.36. The average molecular weight is 508 g/mol. The van der Waals surface area contributed by atoms with Crippen LogP contribution >= 0.6 is 11.0 Å². The molecule has 0 spiro atoms. The summed E-state index contributed by atoms with van der Waals surface area (Å²) in [5.41, 5.74) is 1.39. The van der Waals surface area contributed by atoms with Gasteiger partial charge in [-0.2, -0.15) is 4.31 Å². The molecule has 2 aromatic rings. The molecule has 0 saturated heterocycles. The Morgan fingerprint density at radius 3 is 2.11 bits per heavy atom. The van der Waals surface area contributed by atoms with Crippen LogP contribution in [0.5, 0.6) is 5.75 Å². The molecule has 11 nitrogen and oxygen atoms in total. The molecule has 0 bridgehead atoms. The third kappa shape index (κ3) is 8.14. The predicted molar refractivity (Wildman–Crippen MR) is 136 cm³/mol. The number of methoxy groups -OCH3 is 1. The molecule has 12 heteroatoms. The minimum Gasteiger partial charge on any atom is -0.497 e. The molecule has 0 aliphatic heterocycles. The standard InChI is InChI=1S/C23H33N5O6S/c1-26(2)21(29)16-27(3)35(32,33)25-23(31)24-20(15-17-9-7-6-8-10-17)22(30)28(4)18-11-13-19(34-5)14-12-18/h6-14,20,32-33H,15-16H2,1-5H3,(H2,24,25,31)/t20-/m0/s1. The zero-order valence-corrected chi connectivity index (χ0v) is 21.3. The van der Waals surface area contributed by atoms with E-state index in [0.29, 0.717) is 11.4 Å². The van der Waals surface area contributed by atoms with Gasteiger partial charge in [0.2, 0.25) is 11.8 Å². The van der Waals surface area contributed by atoms with Gasteiger partial charge in [-0.15, -0.1) is 0 Å². The molecule has 4 N–H and O–H groups in total. The maximum atomic E-state index is 13.3. The highest BCUT2D eigenvalue weighted by atomic mass is 32.3. The van der Waals surface area contributed by atoms with Gasteiger partial charge < -0.3 is 19.9 Å². The molecule has 2 rings (SSSR count). The molecule has 4 amide bonds. The first-order chi connectivity index (χ1) is 16.4. The second kappa shape index (κ2) is 12.4. The summed E-state index contributed by atoms with van der Waals surface area (Å²) < 4.78 is 28.9. The smallest absolute Gasteiger partial charge is 0.334 e. The van der Waals surface area contributed by atoms with E-state index in [-0.39, 0.29) is 18.9 Å². The predicted octanol–water partition coefficient (Wildman–Crippen LogP) is 2.17. The second-order valence-corrected chi connectivity index (χ2v) is 9.87. The number of hydrogen-bond donors (Lipinski definition) is 4. The summed E-state index contributed by atoms with van der Waals surface area (Å²) in [6.45, 7) is -0.331. The van der Waals surface area contributed by atoms with Crippen LogP contribution in [0.4, 0.5) is 10.5 Å². The number of urea groups is 1. The molecule has 0 unspecified atom stereocenters. The van der Waals surface area contributed by atoms with Gasteiger partial charge in [0, 0.05) is 40.3 Å². The van der Waals surface area contributed by atoms with Gasteiger partial charge in [-0.3, -0.25) is 18.7 Å². The quantitative estimate of drug-likeness (QED) is 0.387. The van der Waals surface area contributed by atoms with Crippen molar-refractivity contribution in [2.45, 2.75) is 12.5 Å². The SMILES string of the molecule is COc1ccc(N(C)C(=O)[C@H](Cc2ccccc2)NC(=O)NS(O)(O)N(C)CC(=O)N(C)C)cc1. The van der Waals surface area contributed by atoms with E-state index in [4.69, 9.17) is 4.74 Å². The lowest BCUT2D eigenvalue weighted by Gasteiger charge is -2.40. The summed E-state index contributed by atoms with van der Waals surface area (Å²) in [5, 5.41) is 2.54. The number of nitrogens with one attached hydrogen (secondary N) is 2. The minimum atomic E-state index is -3.83. The van der Waals surface area contributed by atoms with E-state index in [1.54, 1.807) is 38.4 Å². The average Bonchev–Trinajstić information content (AvgIpc) is 2.82. The van der Waals surface area contributed by atoms with Crippen LogP contribution in [0.2, 0.25) is 0 Å². The summed E-state index contributed by atoms with van der Waals surface area (Å²) in [6, 6.07) is 14.0. The van der Waals surface area contributed by atoms with Crippen LogP contribution in [0, 0.1) is 0 Å². The molecular formula is C23H33N5O6S. The Labute approximate surface area is 207 Å². The Morgan fingerprint density at radius 1 is 0.971 bits per heavy atom. The first-order valence-corrected chi connectivity index (χ1v) is 12.2. The fraction of sp³-hybridized carbons (Fsp3) is 0.348. The van der Waals surface area contributed by atoms with Crippen molar-refractivity contribution < 1.29 is 28.2 Å². The number of benzene rings is 2. The highest BCUT2D eigenvalue weighted by Gasteiger charge is 2.29. The summed E-state index contributed by atoms with van der Waals surface area (Å²) in [7, 11) is 3.64. The van der Waals surface area contributed by atoms with Crippen LogP contribution in [0.25, 0.3) is 0 Å². The van der Waals surface area contributed by atoms with Crippen molar-refractivity contribution in [1.29, 1.82) is 0 Å². The second-order valence-electron chi connectivity index (χ2n) is 8.01. The van der Waals surface area contributed by atoms with E-state index in [9.17, 15) is 23.5 Å². The molecule has 35 heavy (non-hydrogen) atoms. The van der Waals surface area contributed by atoms with Crippen molar-refractivity contribution in [3.8, 4) is 5.75 Å². The van der Waals surface area contributed by atoms with Crippen LogP contribution in [0.1, 0.15) is 5.56 Å². The number of ether oxygens (including phenoxy) is 1. The van der Waals surface area contributed by atoms with Gasteiger partial charge in [-0.25, -0.2) is 9.52 Å². The van der Waals surface area contributed by atoms with Crippen molar-refractivity contribution in [3.05, 3.63) is 60.2 Å². The van der Waals surface area contributed by atoms with Gasteiger partial charge in [0.25, 0.3) is 0 Å². The maximum absolute atomic E-state index is 13.3. The maximum Gasteiger partial charge on any atom is 0.334 e. The lowest BCUT2D eigenvalue weighted by atomic mass is 10.0. The van der Waals surface area contributed by atoms with Gasteiger partial charge in [0.15, 0.2) is 0 Å². The van der Waals surface area contributed by atoms with E-state index >= 15 is 0 Å². The summed E-state index contributed by atoms with van der Waals surface area (Å²) in [4.78, 5) is 40.6. The molecular weight excluding hydrogens is 474 g/mol. The number of carbonyl (C=O) groups is 3. The number of rotatable bonds is 10. The number of amides is 4. The normalized spacial score (nSPS) is 12.5. The van der Waals surface area contributed by atoms with Gasteiger partial charge >= 0.3 is 6.03 Å². The number of carbonyl (C=O) groups excluding carboxylic acids is 3. The van der Waals surface area contributed by atoms with Crippen LogP contribution in [0.3, 0.4) is 0 Å². The molecule has 0 fully saturated rings. The van der Waals surface area contributed by atoms with Crippen molar-refractivity contribution >= 4 is 34.5 Å². The van der Waals surface area contributed by atoms with Gasteiger partial charge in [0.05, 0.1) is 13.7 Å². The van der Waals surface area contributed by atoms with E-state index in [2.05, 4.69) is 10.0 Å². The molecule has 1 atom stereocenters. The van der Waals surface area contributed by atoms with Gasteiger partial charge in [-0.05, 0) is 40.8 Å². The number of anilines is 1. The molecule has 192 valence electrons. The zero-order valence-electron chi connectivity index (χ0n) is 20.5. The Hall–Kier alpha value is -3.32. The number of hydrogen-bond acceptors (Lipinski definition) is 7. The van der Waals surface area contributed by atoms with Crippen molar-refractivity contribution in [1.82, 2.24) is 19.2 Å². The van der Waals surface area contributed by atoms with Crippen molar-refractivity contribution in [2.75, 3.05) is 46.7 Å². The Kier molecular flexibility index (Phi) is 9.89. The minimum absolute atomic E-state index is 0.168. The zero-order chi connectivity index (χ0) is 26.2. The summed E-state index contributed by atoms with van der Waals surface area (Å²) in [5.74, 6) is -0.162. The molecule has 0 heterocycles. The Bertz CT molecular complexity index is 1000. The number of nitrogens with zero attached hydrogens (tertiary/aromatic N) is 3. The van der Waals surface area contributed by atoms with E-state index < -0.39 is 28.9 Å². The topological polar surface area (TPSA) is 135 Å². The Balaban J connectivity index is 2.17. The monoisotopic (exact) mass is 507 g/mol. The van der Waals surface area contributed by atoms with Gasteiger partial charge in [-0.1, -0.05) is 30.3 Å². The molecule has 0 saturated carbocycles. The fourth-order valence-corrected chi connectivity index (χ4v) is 3.78. The molecule has 2 aromatic carbocycles. The van der Waals surface area contributed by atoms with Crippen LogP contribution < -0.4 is 19.7 Å². The fourth-order valence-electron chi connectivity index (χ4n) is 3.03. The first kappa shape index (κ1) is 27.9. The lowest BCUT2D eigenvalue weighted by Crippen LogP contribution is -2.53. The van der Waals surface area contributed by atoms with Crippen LogP contribution in [-0.4, -0.2) is 84.0 Å². The number of likely N-dealkylation sites (N-methyl/N-ethyl adjacent to an activating group) is 3. The first-order valence-electron chi connectivity index (χ1n) is 10.7. The third-order valence-electron chi connectivity index (χ3n) is 5.20. The largest absolute Gasteiger partial charge is 0.497 e. The van der Waals surface area contributed by atoms with E-state index in [1.165, 1.54) is 30.9 Å². The summed E-state index contributed by atoms with van der Waals surface area (Å²) in [6.07, 6.45) is 0.168. The van der Waals surface area contributed by atoms with Crippen molar-refractivity contribution in [3.63, 3.8) is 0 Å². The van der Waals surface area contributed by atoms with Crippen LogP contribution in [0.15, 0.2) is 54.6 Å². The van der Waals surface area contributed by atoms with Crippen molar-refractivity contribution in [2.24, 2.45) is 0 Å². The van der Waals surface area contributed by atoms with Crippen LogP contribution in [-0.2, 0) is 16.0 Å². The Morgan fingerprint density at radius 2 is 1.57 bits per heavy atom. The molecule has 0 aromatic heterocycles. The van der Waals surface area contributed by atoms with E-state index in [1.807, 2.05) is 30.3 Å². The summed E-state index contributed by atoms with van der Waals surface area (Å²) >= 11 is 0. The van der Waals surface area contributed by atoms with Gasteiger partial charge in [0.1, 0.15) is 11.8 Å². The molecule has 0 aliphatic rings. The third-order valence-corrected chi connectivity index (χ3v) is 6.65. The molecule has 0 radical (unpaired) electrons.